The Hall–Kier alpha value is -1.23. The number of esters is 1. The topological polar surface area (TPSA) is 61.8 Å². The van der Waals surface area contributed by atoms with Gasteiger partial charge in [0.15, 0.2) is 5.66 Å². The summed E-state index contributed by atoms with van der Waals surface area (Å²) in [5, 5.41) is 0. The van der Waals surface area contributed by atoms with E-state index in [-0.39, 0.29) is 18.8 Å². The highest BCUT2D eigenvalue weighted by Gasteiger charge is 2.43. The molecular weight excluding hydrogens is 286 g/mol. The SMILES string of the molecule is CCOP(=O)(OCC)C(C(=O)OC)c1cccc(F)c1. The molecule has 0 aliphatic carbocycles. The molecule has 1 aromatic carbocycles. The molecule has 0 aliphatic heterocycles. The fraction of sp³-hybridized carbons (Fsp3) is 0.462. The van der Waals surface area contributed by atoms with Crippen LogP contribution in [0.2, 0.25) is 0 Å². The van der Waals surface area contributed by atoms with Crippen LogP contribution in [0.5, 0.6) is 0 Å². The summed E-state index contributed by atoms with van der Waals surface area (Å²) in [4.78, 5) is 11.9. The Kier molecular flexibility index (Phi) is 6.33. The van der Waals surface area contributed by atoms with E-state index >= 15 is 0 Å². The van der Waals surface area contributed by atoms with Crippen molar-refractivity contribution < 1.29 is 27.5 Å². The third-order valence-corrected chi connectivity index (χ3v) is 4.90. The van der Waals surface area contributed by atoms with Crippen molar-refractivity contribution in [1.82, 2.24) is 0 Å². The Morgan fingerprint density at radius 1 is 1.30 bits per heavy atom. The number of hydrogen-bond donors (Lipinski definition) is 0. The van der Waals surface area contributed by atoms with Crippen LogP contribution >= 0.6 is 7.60 Å². The molecule has 1 atom stereocenters. The van der Waals surface area contributed by atoms with E-state index in [2.05, 4.69) is 4.74 Å². The summed E-state index contributed by atoms with van der Waals surface area (Å²) in [5.74, 6) is -1.34. The number of hydrogen-bond acceptors (Lipinski definition) is 5. The third kappa shape index (κ3) is 3.88. The summed E-state index contributed by atoms with van der Waals surface area (Å²) in [5.41, 5.74) is -1.11. The van der Waals surface area contributed by atoms with Gasteiger partial charge in [0.1, 0.15) is 5.82 Å². The van der Waals surface area contributed by atoms with E-state index < -0.39 is 25.0 Å². The molecule has 0 aromatic heterocycles. The summed E-state index contributed by atoms with van der Waals surface area (Å²) in [6, 6.07) is 5.24. The zero-order valence-electron chi connectivity index (χ0n) is 11.7. The van der Waals surface area contributed by atoms with Gasteiger partial charge >= 0.3 is 13.6 Å². The molecule has 112 valence electrons. The minimum absolute atomic E-state index is 0.0973. The molecule has 0 heterocycles. The molecule has 1 rings (SSSR count). The normalized spacial score (nSPS) is 13.0. The number of methoxy groups -OCH3 is 1. The van der Waals surface area contributed by atoms with Crippen molar-refractivity contribution in [3.63, 3.8) is 0 Å². The minimum Gasteiger partial charge on any atom is -0.468 e. The quantitative estimate of drug-likeness (QED) is 0.571. The zero-order chi connectivity index (χ0) is 15.2. The van der Waals surface area contributed by atoms with Gasteiger partial charge in [-0.2, -0.15) is 0 Å². The summed E-state index contributed by atoms with van der Waals surface area (Å²) in [6.45, 7) is 3.46. The first kappa shape index (κ1) is 16.8. The van der Waals surface area contributed by atoms with Crippen LogP contribution in [-0.2, 0) is 23.1 Å². The van der Waals surface area contributed by atoms with E-state index in [1.165, 1.54) is 18.2 Å². The molecule has 0 amide bonds. The van der Waals surface area contributed by atoms with Gasteiger partial charge in [0, 0.05) is 0 Å². The van der Waals surface area contributed by atoms with E-state index in [1.807, 2.05) is 0 Å². The molecule has 0 bridgehead atoms. The average molecular weight is 304 g/mol. The molecule has 0 N–H and O–H groups in total. The number of carbonyl (C=O) groups is 1. The van der Waals surface area contributed by atoms with Crippen LogP contribution in [0.1, 0.15) is 25.1 Å². The van der Waals surface area contributed by atoms with Crippen molar-refractivity contribution in [2.24, 2.45) is 0 Å². The van der Waals surface area contributed by atoms with E-state index in [4.69, 9.17) is 9.05 Å². The number of rotatable bonds is 7. The maximum Gasteiger partial charge on any atom is 0.349 e. The van der Waals surface area contributed by atoms with E-state index in [9.17, 15) is 13.8 Å². The van der Waals surface area contributed by atoms with Gasteiger partial charge in [-0.1, -0.05) is 12.1 Å². The van der Waals surface area contributed by atoms with Crippen molar-refractivity contribution in [2.75, 3.05) is 20.3 Å². The fourth-order valence-electron chi connectivity index (χ4n) is 1.78. The number of benzene rings is 1. The van der Waals surface area contributed by atoms with Crippen LogP contribution in [0.15, 0.2) is 24.3 Å². The fourth-order valence-corrected chi connectivity index (χ4v) is 3.76. The van der Waals surface area contributed by atoms with Crippen LogP contribution in [0, 0.1) is 5.82 Å². The first-order valence-corrected chi connectivity index (χ1v) is 7.81. The van der Waals surface area contributed by atoms with Gasteiger partial charge in [-0.15, -0.1) is 0 Å². The van der Waals surface area contributed by atoms with Crippen molar-refractivity contribution in [1.29, 1.82) is 0 Å². The Morgan fingerprint density at radius 2 is 1.90 bits per heavy atom. The van der Waals surface area contributed by atoms with Crippen molar-refractivity contribution in [2.45, 2.75) is 19.5 Å². The van der Waals surface area contributed by atoms with Crippen LogP contribution in [0.4, 0.5) is 4.39 Å². The Bertz CT molecular complexity index is 495. The van der Waals surface area contributed by atoms with Crippen LogP contribution < -0.4 is 0 Å². The van der Waals surface area contributed by atoms with E-state index in [0.29, 0.717) is 0 Å². The van der Waals surface area contributed by atoms with Gasteiger partial charge in [-0.05, 0) is 31.5 Å². The van der Waals surface area contributed by atoms with Gasteiger partial charge in [0.2, 0.25) is 0 Å². The lowest BCUT2D eigenvalue weighted by molar-refractivity contribution is -0.140. The second-order valence-electron chi connectivity index (χ2n) is 3.86. The highest BCUT2D eigenvalue weighted by molar-refractivity contribution is 7.55. The number of halogens is 1. The molecule has 0 saturated carbocycles. The molecular formula is C13H18FO5P. The third-order valence-electron chi connectivity index (χ3n) is 2.52. The second-order valence-corrected chi connectivity index (χ2v) is 5.97. The Morgan fingerprint density at radius 3 is 2.35 bits per heavy atom. The van der Waals surface area contributed by atoms with Crippen molar-refractivity contribution >= 4 is 13.6 Å². The van der Waals surface area contributed by atoms with E-state index in [1.54, 1.807) is 13.8 Å². The van der Waals surface area contributed by atoms with Crippen LogP contribution in [0.3, 0.4) is 0 Å². The molecule has 0 aliphatic rings. The summed E-state index contributed by atoms with van der Waals surface area (Å²) in [6.07, 6.45) is 0. The Labute approximate surface area is 117 Å². The second kappa shape index (κ2) is 7.53. The summed E-state index contributed by atoms with van der Waals surface area (Å²) < 4.78 is 41.1. The lowest BCUT2D eigenvalue weighted by atomic mass is 10.1. The minimum atomic E-state index is -3.79. The lowest BCUT2D eigenvalue weighted by Crippen LogP contribution is -2.18. The molecule has 0 spiro atoms. The van der Waals surface area contributed by atoms with Crippen LogP contribution in [0.25, 0.3) is 0 Å². The molecule has 5 nitrogen and oxygen atoms in total. The monoisotopic (exact) mass is 304 g/mol. The zero-order valence-corrected chi connectivity index (χ0v) is 12.6. The first-order valence-electron chi connectivity index (χ1n) is 6.20. The largest absolute Gasteiger partial charge is 0.468 e. The molecule has 1 unspecified atom stereocenters. The number of ether oxygens (including phenoxy) is 1. The number of carbonyl (C=O) groups excluding carboxylic acids is 1. The summed E-state index contributed by atoms with van der Waals surface area (Å²) in [7, 11) is -2.62. The predicted octanol–water partition coefficient (Wildman–Crippen LogP) is 3.31. The van der Waals surface area contributed by atoms with Crippen molar-refractivity contribution in [3.8, 4) is 0 Å². The smallest absolute Gasteiger partial charge is 0.349 e. The highest BCUT2D eigenvalue weighted by atomic mass is 31.2. The molecule has 0 fully saturated rings. The average Bonchev–Trinajstić information content (AvgIpc) is 2.39. The molecule has 1 aromatic rings. The maximum absolute atomic E-state index is 13.3. The standard InChI is InChI=1S/C13H18FO5P/c1-4-18-20(16,19-5-2)12(13(15)17-3)10-7-6-8-11(14)9-10/h6-9,12H,4-5H2,1-3H3. The molecule has 0 radical (unpaired) electrons. The van der Waals surface area contributed by atoms with Crippen molar-refractivity contribution in [3.05, 3.63) is 35.6 Å². The molecule has 20 heavy (non-hydrogen) atoms. The predicted molar refractivity (Wildman–Crippen MR) is 72.0 cm³/mol. The molecule has 0 saturated heterocycles. The van der Waals surface area contributed by atoms with Gasteiger partial charge in [-0.25, -0.2) is 4.39 Å². The summed E-state index contributed by atoms with van der Waals surface area (Å²) >= 11 is 0. The highest BCUT2D eigenvalue weighted by Crippen LogP contribution is 2.61. The lowest BCUT2D eigenvalue weighted by Gasteiger charge is -2.24. The van der Waals surface area contributed by atoms with Gasteiger partial charge < -0.3 is 13.8 Å². The van der Waals surface area contributed by atoms with Gasteiger partial charge in [0.25, 0.3) is 0 Å². The van der Waals surface area contributed by atoms with Crippen LogP contribution in [-0.4, -0.2) is 26.3 Å². The molecule has 7 heteroatoms. The maximum atomic E-state index is 13.3. The first-order chi connectivity index (χ1) is 9.48. The Balaban J connectivity index is 3.30. The van der Waals surface area contributed by atoms with Gasteiger partial charge in [-0.3, -0.25) is 9.36 Å². The van der Waals surface area contributed by atoms with Gasteiger partial charge in [0.05, 0.1) is 20.3 Å². The van der Waals surface area contributed by atoms with E-state index in [0.717, 1.165) is 13.2 Å².